The molecule has 3 aliphatic carbocycles. The molecule has 0 fully saturated rings. The van der Waals surface area contributed by atoms with Gasteiger partial charge in [0.05, 0.1) is 10.8 Å². The minimum Gasteiger partial charge on any atom is -0.314 e. The topological polar surface area (TPSA) is 3.24 Å². The first-order chi connectivity index (χ1) is 34.2. The Bertz CT molecular complexity index is 3480. The van der Waals surface area contributed by atoms with Crippen molar-refractivity contribution in [2.45, 2.75) is 23.7 Å². The van der Waals surface area contributed by atoms with Gasteiger partial charge < -0.3 is 4.90 Å². The summed E-state index contributed by atoms with van der Waals surface area (Å²) in [7, 11) is 0. The summed E-state index contributed by atoms with van der Waals surface area (Å²) in [5.74, 6) is 0. The van der Waals surface area contributed by atoms with Crippen molar-refractivity contribution in [2.75, 3.05) is 4.90 Å². The van der Waals surface area contributed by atoms with Gasteiger partial charge in [-0.05, 0) is 138 Å². The fourth-order valence-corrected chi connectivity index (χ4v) is 12.2. The molecule has 0 N–H and O–H groups in total. The monoisotopic (exact) mass is 879 g/mol. The molecule has 326 valence electrons. The molecule has 69 heavy (non-hydrogen) atoms. The summed E-state index contributed by atoms with van der Waals surface area (Å²) in [5.41, 5.74) is 23.1. The zero-order valence-corrected chi connectivity index (χ0v) is 38.3. The van der Waals surface area contributed by atoms with Crippen molar-refractivity contribution in [1.29, 1.82) is 0 Å². The maximum Gasteiger partial charge on any atom is 0.0720 e. The summed E-state index contributed by atoms with van der Waals surface area (Å²) in [4.78, 5) is 2.45. The predicted octanol–water partition coefficient (Wildman–Crippen LogP) is 17.0. The lowest BCUT2D eigenvalue weighted by Gasteiger charge is -2.50. The standard InChI is InChI=1S/C68H49N/c1-5-19-48(20-6-1)50-33-40-56(41-34-50)69(57-42-35-51(36-43-57)49-21-7-2-8-22-49)58-44-37-52(38-45-58)53-39-46-60-59-27-13-14-28-61(59)68(66(60)47-53)64-31-17-15-29-62(64)67(54-23-9-3-10-24-54,55-25-11-4-12-26-55)63-30-16-18-32-65(63)68/h1-35,37-42,44-47H,36,43H2. The highest BCUT2D eigenvalue weighted by Gasteiger charge is 2.56. The summed E-state index contributed by atoms with van der Waals surface area (Å²) in [6.07, 6.45) is 6.56. The molecule has 3 aliphatic rings. The van der Waals surface area contributed by atoms with Gasteiger partial charge in [-0.1, -0.05) is 237 Å². The number of rotatable bonds is 8. The molecular formula is C68H49N. The molecule has 0 amide bonds. The van der Waals surface area contributed by atoms with Crippen molar-refractivity contribution in [3.8, 4) is 33.4 Å². The summed E-state index contributed by atoms with van der Waals surface area (Å²) < 4.78 is 0. The van der Waals surface area contributed by atoms with Gasteiger partial charge in [0, 0.05) is 17.1 Å². The molecule has 0 saturated heterocycles. The third-order valence-corrected chi connectivity index (χ3v) is 15.2. The van der Waals surface area contributed by atoms with Crippen LogP contribution in [-0.2, 0) is 10.8 Å². The van der Waals surface area contributed by atoms with E-state index in [0.29, 0.717) is 0 Å². The molecular weight excluding hydrogens is 831 g/mol. The zero-order chi connectivity index (χ0) is 45.8. The third-order valence-electron chi connectivity index (χ3n) is 15.2. The average molecular weight is 880 g/mol. The fourth-order valence-electron chi connectivity index (χ4n) is 12.2. The van der Waals surface area contributed by atoms with Crippen molar-refractivity contribution < 1.29 is 0 Å². The van der Waals surface area contributed by atoms with Gasteiger partial charge in [-0.3, -0.25) is 0 Å². The van der Waals surface area contributed by atoms with E-state index < -0.39 is 10.8 Å². The van der Waals surface area contributed by atoms with E-state index in [-0.39, 0.29) is 0 Å². The molecule has 0 radical (unpaired) electrons. The Kier molecular flexibility index (Phi) is 9.84. The molecule has 10 aromatic rings. The summed E-state index contributed by atoms with van der Waals surface area (Å²) in [6, 6.07) is 97.1. The van der Waals surface area contributed by atoms with E-state index in [9.17, 15) is 0 Å². The van der Waals surface area contributed by atoms with E-state index in [0.717, 1.165) is 24.2 Å². The van der Waals surface area contributed by atoms with Crippen LogP contribution < -0.4 is 4.90 Å². The predicted molar refractivity (Wildman–Crippen MR) is 287 cm³/mol. The van der Waals surface area contributed by atoms with Crippen LogP contribution in [0.4, 0.5) is 11.4 Å². The Hall–Kier alpha value is -8.52. The van der Waals surface area contributed by atoms with Crippen LogP contribution >= 0.6 is 0 Å². The lowest BCUT2D eigenvalue weighted by Crippen LogP contribution is -2.44. The van der Waals surface area contributed by atoms with E-state index >= 15 is 0 Å². The minimum atomic E-state index is -0.551. The third kappa shape index (κ3) is 6.38. The summed E-state index contributed by atoms with van der Waals surface area (Å²) >= 11 is 0. The van der Waals surface area contributed by atoms with Crippen molar-refractivity contribution in [3.63, 3.8) is 0 Å². The first-order valence-electron chi connectivity index (χ1n) is 24.3. The fraction of sp³-hybridized carbons (Fsp3) is 0.0588. The first-order valence-corrected chi connectivity index (χ1v) is 24.3. The van der Waals surface area contributed by atoms with E-state index in [1.165, 1.54) is 94.7 Å². The van der Waals surface area contributed by atoms with Crippen LogP contribution in [0, 0.1) is 0 Å². The molecule has 1 nitrogen and oxygen atoms in total. The number of allylic oxidation sites excluding steroid dienone is 4. The number of anilines is 2. The number of fused-ring (bicyclic) bond motifs is 9. The second-order valence-electron chi connectivity index (χ2n) is 18.6. The molecule has 0 aliphatic heterocycles. The lowest BCUT2D eigenvalue weighted by molar-refractivity contribution is 0.624. The highest BCUT2D eigenvalue weighted by atomic mass is 15.1. The normalized spacial score (nSPS) is 14.7. The molecule has 0 heterocycles. The van der Waals surface area contributed by atoms with Gasteiger partial charge in [0.2, 0.25) is 0 Å². The van der Waals surface area contributed by atoms with Crippen LogP contribution in [-0.4, -0.2) is 0 Å². The van der Waals surface area contributed by atoms with E-state index in [2.05, 4.69) is 278 Å². The molecule has 13 rings (SSSR count). The molecule has 0 atom stereocenters. The smallest absolute Gasteiger partial charge is 0.0720 e. The maximum atomic E-state index is 2.51. The van der Waals surface area contributed by atoms with Gasteiger partial charge in [0.1, 0.15) is 0 Å². The molecule has 0 unspecified atom stereocenters. The Balaban J connectivity index is 0.958. The summed E-state index contributed by atoms with van der Waals surface area (Å²) in [6.45, 7) is 0. The van der Waals surface area contributed by atoms with Gasteiger partial charge in [0.25, 0.3) is 0 Å². The van der Waals surface area contributed by atoms with Gasteiger partial charge >= 0.3 is 0 Å². The van der Waals surface area contributed by atoms with Gasteiger partial charge in [-0.2, -0.15) is 0 Å². The van der Waals surface area contributed by atoms with Crippen LogP contribution in [0.25, 0.3) is 39.0 Å². The van der Waals surface area contributed by atoms with E-state index in [4.69, 9.17) is 0 Å². The zero-order valence-electron chi connectivity index (χ0n) is 38.3. The van der Waals surface area contributed by atoms with Crippen molar-refractivity contribution in [2.24, 2.45) is 0 Å². The molecule has 10 aromatic carbocycles. The average Bonchev–Trinajstić information content (AvgIpc) is 3.73. The largest absolute Gasteiger partial charge is 0.314 e. The number of hydrogen-bond donors (Lipinski definition) is 0. The molecule has 0 bridgehead atoms. The van der Waals surface area contributed by atoms with Crippen LogP contribution in [0.2, 0.25) is 0 Å². The SMILES string of the molecule is C1=C(c2ccccc2)CCC(N(c2ccc(-c3ccccc3)cc2)c2ccc(-c3ccc4c(c3)C3(c5ccccc5-4)c4ccccc4C(c4ccccc4)(c4ccccc4)c4ccccc43)cc2)=C1. The highest BCUT2D eigenvalue weighted by molar-refractivity contribution is 5.91. The highest BCUT2D eigenvalue weighted by Crippen LogP contribution is 2.64. The number of hydrogen-bond acceptors (Lipinski definition) is 1. The van der Waals surface area contributed by atoms with Crippen molar-refractivity contribution in [3.05, 3.63) is 329 Å². The second kappa shape index (κ2) is 16.7. The van der Waals surface area contributed by atoms with Crippen molar-refractivity contribution >= 4 is 16.9 Å². The lowest BCUT2D eigenvalue weighted by atomic mass is 9.51. The molecule has 0 saturated carbocycles. The van der Waals surface area contributed by atoms with Gasteiger partial charge in [-0.25, -0.2) is 0 Å². The Labute approximate surface area is 405 Å². The van der Waals surface area contributed by atoms with E-state index in [1.54, 1.807) is 0 Å². The quantitative estimate of drug-likeness (QED) is 0.147. The molecule has 1 heteroatoms. The summed E-state index contributed by atoms with van der Waals surface area (Å²) in [5, 5.41) is 0. The Morgan fingerprint density at radius 2 is 0.681 bits per heavy atom. The van der Waals surface area contributed by atoms with Crippen molar-refractivity contribution in [1.82, 2.24) is 0 Å². The van der Waals surface area contributed by atoms with E-state index in [1.807, 2.05) is 0 Å². The van der Waals surface area contributed by atoms with Crippen LogP contribution in [0.15, 0.2) is 279 Å². The van der Waals surface area contributed by atoms with Gasteiger partial charge in [-0.15, -0.1) is 0 Å². The Morgan fingerprint density at radius 3 is 1.20 bits per heavy atom. The first kappa shape index (κ1) is 40.7. The van der Waals surface area contributed by atoms with Crippen LogP contribution in [0.1, 0.15) is 62.9 Å². The number of benzene rings is 10. The maximum absolute atomic E-state index is 2.51. The van der Waals surface area contributed by atoms with Crippen LogP contribution in [0.3, 0.4) is 0 Å². The van der Waals surface area contributed by atoms with Gasteiger partial charge in [0.15, 0.2) is 0 Å². The van der Waals surface area contributed by atoms with Crippen LogP contribution in [0.5, 0.6) is 0 Å². The second-order valence-corrected chi connectivity index (χ2v) is 18.6. The Morgan fingerprint density at radius 1 is 0.275 bits per heavy atom. The number of nitrogens with zero attached hydrogens (tertiary/aromatic N) is 1. The molecule has 1 spiro atoms. The minimum absolute atomic E-state index is 0.535. The molecule has 0 aromatic heterocycles.